The van der Waals surface area contributed by atoms with Gasteiger partial charge in [0.1, 0.15) is 6.61 Å². The zero-order valence-corrected chi connectivity index (χ0v) is 8.37. The number of carbonyl (C=O) groups is 1. The lowest BCUT2D eigenvalue weighted by Gasteiger charge is -2.10. The van der Waals surface area contributed by atoms with Crippen molar-refractivity contribution >= 4 is 28.5 Å². The summed E-state index contributed by atoms with van der Waals surface area (Å²) in [4.78, 5) is 11.3. The van der Waals surface area contributed by atoms with Crippen LogP contribution in [0.5, 0.6) is 0 Å². The monoisotopic (exact) mass is 206 g/mol. The van der Waals surface area contributed by atoms with E-state index < -0.39 is 10.8 Å². The van der Waals surface area contributed by atoms with Gasteiger partial charge in [0, 0.05) is 39.5 Å². The summed E-state index contributed by atoms with van der Waals surface area (Å²) in [5, 5.41) is 1.66. The third-order valence-corrected chi connectivity index (χ3v) is 3.83. The number of esters is 1. The first kappa shape index (κ1) is 9.80. The molecule has 0 saturated heterocycles. The Kier molecular flexibility index (Phi) is 3.81. The van der Waals surface area contributed by atoms with E-state index in [4.69, 9.17) is 4.74 Å². The van der Waals surface area contributed by atoms with Gasteiger partial charge in [-0.1, -0.05) is 0 Å². The molecular weight excluding hydrogens is 196 g/mol. The number of thioether (sulfide) groups is 1. The van der Waals surface area contributed by atoms with Gasteiger partial charge in [-0.2, -0.15) is 0 Å². The van der Waals surface area contributed by atoms with Gasteiger partial charge in [0.25, 0.3) is 0 Å². The van der Waals surface area contributed by atoms with E-state index >= 15 is 0 Å². The lowest BCUT2D eigenvalue weighted by atomic mass is 10.6. The van der Waals surface area contributed by atoms with Crippen LogP contribution in [0.4, 0.5) is 0 Å². The van der Waals surface area contributed by atoms with Crippen molar-refractivity contribution in [3.8, 4) is 0 Å². The van der Waals surface area contributed by atoms with E-state index in [1.807, 2.05) is 0 Å². The minimum absolute atomic E-state index is 0.270. The molecule has 68 valence electrons. The standard InChI is InChI=1S/C7H10O3S2/c1-6(8)10-4-7-5-12(9)3-2-11-7/h5H,2-4H2,1H3. The first-order valence-electron chi connectivity index (χ1n) is 3.52. The van der Waals surface area contributed by atoms with E-state index in [9.17, 15) is 9.00 Å². The van der Waals surface area contributed by atoms with Crippen LogP contribution in [0.2, 0.25) is 0 Å². The molecule has 0 aliphatic carbocycles. The van der Waals surface area contributed by atoms with Gasteiger partial charge in [0.05, 0.1) is 0 Å². The van der Waals surface area contributed by atoms with Crippen LogP contribution < -0.4 is 0 Å². The zero-order chi connectivity index (χ0) is 8.97. The van der Waals surface area contributed by atoms with Crippen LogP contribution in [-0.2, 0) is 20.3 Å². The summed E-state index contributed by atoms with van der Waals surface area (Å²) < 4.78 is 15.8. The molecular formula is C7H10O3S2. The van der Waals surface area contributed by atoms with E-state index in [0.717, 1.165) is 10.7 Å². The van der Waals surface area contributed by atoms with Gasteiger partial charge >= 0.3 is 5.97 Å². The van der Waals surface area contributed by atoms with Crippen molar-refractivity contribution in [3.05, 3.63) is 10.3 Å². The third-order valence-electron chi connectivity index (χ3n) is 1.25. The summed E-state index contributed by atoms with van der Waals surface area (Å²) in [6.07, 6.45) is 0. The Morgan fingerprint density at radius 1 is 1.83 bits per heavy atom. The van der Waals surface area contributed by atoms with Crippen LogP contribution in [0.1, 0.15) is 6.92 Å². The summed E-state index contributed by atoms with van der Waals surface area (Å²) in [6.45, 7) is 1.64. The molecule has 3 nitrogen and oxygen atoms in total. The van der Waals surface area contributed by atoms with E-state index in [-0.39, 0.29) is 12.6 Å². The Morgan fingerprint density at radius 3 is 3.17 bits per heavy atom. The van der Waals surface area contributed by atoms with Crippen molar-refractivity contribution < 1.29 is 13.7 Å². The highest BCUT2D eigenvalue weighted by Gasteiger charge is 2.09. The summed E-state index contributed by atoms with van der Waals surface area (Å²) >= 11 is 1.60. The molecule has 0 saturated carbocycles. The molecule has 0 aromatic carbocycles. The molecule has 1 unspecified atom stereocenters. The van der Waals surface area contributed by atoms with Gasteiger partial charge in [-0.05, 0) is 0 Å². The summed E-state index contributed by atoms with van der Waals surface area (Å²) in [6, 6.07) is 0. The van der Waals surface area contributed by atoms with Crippen molar-refractivity contribution in [1.29, 1.82) is 0 Å². The quantitative estimate of drug-likeness (QED) is 0.629. The van der Waals surface area contributed by atoms with Crippen LogP contribution in [0.3, 0.4) is 0 Å². The van der Waals surface area contributed by atoms with Gasteiger partial charge in [-0.3, -0.25) is 9.00 Å². The third kappa shape index (κ3) is 3.40. The first-order valence-corrected chi connectivity index (χ1v) is 5.89. The second kappa shape index (κ2) is 4.67. The molecule has 5 heteroatoms. The molecule has 0 spiro atoms. The minimum Gasteiger partial charge on any atom is -0.460 e. The molecule has 1 heterocycles. The highest BCUT2D eigenvalue weighted by molar-refractivity contribution is 8.05. The van der Waals surface area contributed by atoms with E-state index in [1.165, 1.54) is 6.92 Å². The Hall–Kier alpha value is -0.290. The van der Waals surface area contributed by atoms with Crippen LogP contribution >= 0.6 is 11.8 Å². The van der Waals surface area contributed by atoms with E-state index in [1.54, 1.807) is 17.2 Å². The number of hydrogen-bond donors (Lipinski definition) is 0. The average molecular weight is 206 g/mol. The smallest absolute Gasteiger partial charge is 0.302 e. The molecule has 0 aromatic rings. The number of rotatable bonds is 2. The lowest BCUT2D eigenvalue weighted by Crippen LogP contribution is -2.08. The molecule has 1 aliphatic rings. The highest BCUT2D eigenvalue weighted by atomic mass is 32.2. The zero-order valence-electron chi connectivity index (χ0n) is 6.74. The molecule has 1 rings (SSSR count). The molecule has 0 radical (unpaired) electrons. The molecule has 0 aromatic heterocycles. The van der Waals surface area contributed by atoms with Gasteiger partial charge in [-0.25, -0.2) is 0 Å². The number of hydrogen-bond acceptors (Lipinski definition) is 4. The number of carbonyl (C=O) groups excluding carboxylic acids is 1. The van der Waals surface area contributed by atoms with Crippen LogP contribution in [0, 0.1) is 0 Å². The van der Waals surface area contributed by atoms with Gasteiger partial charge in [0.2, 0.25) is 0 Å². The lowest BCUT2D eigenvalue weighted by molar-refractivity contribution is -0.139. The molecule has 0 N–H and O–H groups in total. The van der Waals surface area contributed by atoms with Crippen LogP contribution in [0.25, 0.3) is 0 Å². The summed E-state index contributed by atoms with van der Waals surface area (Å²) in [7, 11) is -0.859. The molecule has 0 bridgehead atoms. The van der Waals surface area contributed by atoms with Gasteiger partial charge < -0.3 is 4.74 Å². The molecule has 1 aliphatic heterocycles. The predicted molar refractivity (Wildman–Crippen MR) is 50.2 cm³/mol. The molecule has 12 heavy (non-hydrogen) atoms. The molecule has 1 atom stereocenters. The number of ether oxygens (including phenoxy) is 1. The summed E-state index contributed by atoms with van der Waals surface area (Å²) in [5.41, 5.74) is 0. The topological polar surface area (TPSA) is 43.4 Å². The highest BCUT2D eigenvalue weighted by Crippen LogP contribution is 2.21. The van der Waals surface area contributed by atoms with E-state index in [2.05, 4.69) is 0 Å². The Bertz CT molecular complexity index is 235. The van der Waals surface area contributed by atoms with Crippen molar-refractivity contribution in [3.63, 3.8) is 0 Å². The van der Waals surface area contributed by atoms with Crippen molar-refractivity contribution in [2.75, 3.05) is 18.1 Å². The second-order valence-electron chi connectivity index (χ2n) is 2.30. The fourth-order valence-corrected chi connectivity index (χ4v) is 3.21. The maximum absolute atomic E-state index is 11.0. The Labute approximate surface area is 78.0 Å². The van der Waals surface area contributed by atoms with Crippen molar-refractivity contribution in [2.24, 2.45) is 0 Å². The van der Waals surface area contributed by atoms with Crippen molar-refractivity contribution in [1.82, 2.24) is 0 Å². The molecule has 0 amide bonds. The van der Waals surface area contributed by atoms with Crippen molar-refractivity contribution in [2.45, 2.75) is 6.92 Å². The van der Waals surface area contributed by atoms with Gasteiger partial charge in [-0.15, -0.1) is 11.8 Å². The largest absolute Gasteiger partial charge is 0.460 e. The maximum atomic E-state index is 11.0. The van der Waals surface area contributed by atoms with Crippen LogP contribution in [-0.4, -0.2) is 28.3 Å². The first-order chi connectivity index (χ1) is 5.68. The SMILES string of the molecule is CC(=O)OCC1=CS(=O)CCS1. The predicted octanol–water partition coefficient (Wildman–Crippen LogP) is 0.886. The van der Waals surface area contributed by atoms with Gasteiger partial charge in [0.15, 0.2) is 0 Å². The minimum atomic E-state index is -0.859. The van der Waals surface area contributed by atoms with E-state index in [0.29, 0.717) is 5.75 Å². The Balaban J connectivity index is 2.40. The molecule has 0 fully saturated rings. The fourth-order valence-electron chi connectivity index (χ4n) is 0.743. The normalized spacial score (nSPS) is 23.1. The summed E-state index contributed by atoms with van der Waals surface area (Å²) in [5.74, 6) is 1.25. The average Bonchev–Trinajstić information content (AvgIpc) is 2.01. The second-order valence-corrected chi connectivity index (χ2v) is 4.92. The van der Waals surface area contributed by atoms with Crippen LogP contribution in [0.15, 0.2) is 10.3 Å². The fraction of sp³-hybridized carbons (Fsp3) is 0.571. The Morgan fingerprint density at radius 2 is 2.58 bits per heavy atom. The maximum Gasteiger partial charge on any atom is 0.302 e.